The molecule has 5 rings (SSSR count). The number of hydrogen-bond donors (Lipinski definition) is 0. The third-order valence-corrected chi connectivity index (χ3v) is 8.03. The number of hydrogen-bond acceptors (Lipinski definition) is 8. The maximum atomic E-state index is 5.95. The first-order valence-corrected chi connectivity index (χ1v) is 13.8. The molecule has 0 unspecified atom stereocenters. The summed E-state index contributed by atoms with van der Waals surface area (Å²) in [6.45, 7) is 13.6. The van der Waals surface area contributed by atoms with Crippen LogP contribution in [0.5, 0.6) is 5.75 Å². The van der Waals surface area contributed by atoms with Crippen molar-refractivity contribution in [3.05, 3.63) is 52.6 Å². The Morgan fingerprint density at radius 1 is 1.14 bits per heavy atom. The van der Waals surface area contributed by atoms with Gasteiger partial charge in [0.05, 0.1) is 25.4 Å². The molecule has 0 bridgehead atoms. The third kappa shape index (κ3) is 5.62. The fourth-order valence-electron chi connectivity index (χ4n) is 5.03. The first-order valence-electron chi connectivity index (χ1n) is 12.9. The lowest BCUT2D eigenvalue weighted by Crippen LogP contribution is -2.51. The van der Waals surface area contributed by atoms with Gasteiger partial charge in [-0.25, -0.2) is 0 Å². The molecular formula is C29H36N4O3S. The van der Waals surface area contributed by atoms with Crippen molar-refractivity contribution in [1.29, 1.82) is 0 Å². The van der Waals surface area contributed by atoms with Gasteiger partial charge in [-0.2, -0.15) is 0 Å². The predicted octanol–water partition coefficient (Wildman–Crippen LogP) is 5.53. The number of aliphatic imine (C=N–C) groups is 1. The highest BCUT2D eigenvalue weighted by Crippen LogP contribution is 2.37. The molecule has 3 aromatic rings. The minimum atomic E-state index is -0.481. The van der Waals surface area contributed by atoms with Crippen LogP contribution in [0.1, 0.15) is 49.9 Å². The Kier molecular flexibility index (Phi) is 7.45. The molecule has 3 heterocycles. The van der Waals surface area contributed by atoms with E-state index in [9.17, 15) is 0 Å². The van der Waals surface area contributed by atoms with Crippen molar-refractivity contribution in [2.24, 2.45) is 4.99 Å². The van der Waals surface area contributed by atoms with Gasteiger partial charge in [0.1, 0.15) is 15.8 Å². The summed E-state index contributed by atoms with van der Waals surface area (Å²) in [7, 11) is 1.77. The molecule has 1 aromatic heterocycles. The van der Waals surface area contributed by atoms with Gasteiger partial charge in [-0.1, -0.05) is 23.5 Å². The summed E-state index contributed by atoms with van der Waals surface area (Å²) in [5.74, 6) is 0.342. The normalized spacial score (nSPS) is 18.5. The number of nitrogens with zero attached hydrogens (tertiary/aromatic N) is 4. The fraction of sp³-hybridized carbons (Fsp3) is 0.483. The van der Waals surface area contributed by atoms with E-state index in [0.717, 1.165) is 52.0 Å². The van der Waals surface area contributed by atoms with E-state index in [0.29, 0.717) is 19.3 Å². The molecule has 0 N–H and O–H groups in total. The molecule has 196 valence electrons. The lowest BCUT2D eigenvalue weighted by Gasteiger charge is -2.42. The van der Waals surface area contributed by atoms with Gasteiger partial charge >= 0.3 is 0 Å². The van der Waals surface area contributed by atoms with Crippen LogP contribution in [0.3, 0.4) is 0 Å². The summed E-state index contributed by atoms with van der Waals surface area (Å²) in [5, 5.41) is 11.0. The molecular weight excluding hydrogens is 484 g/mol. The van der Waals surface area contributed by atoms with Crippen molar-refractivity contribution in [1.82, 2.24) is 15.1 Å². The molecule has 0 spiro atoms. The molecule has 0 saturated carbocycles. The van der Waals surface area contributed by atoms with Crippen LogP contribution in [0.2, 0.25) is 0 Å². The number of fused-ring (bicyclic) bond motifs is 1. The van der Waals surface area contributed by atoms with Crippen molar-refractivity contribution in [2.45, 2.75) is 65.5 Å². The molecule has 1 fully saturated rings. The summed E-state index contributed by atoms with van der Waals surface area (Å²) >= 11 is 1.62. The molecule has 8 heteroatoms. The number of ether oxygens (including phenoxy) is 3. The zero-order valence-electron chi connectivity index (χ0n) is 22.6. The maximum absolute atomic E-state index is 5.95. The summed E-state index contributed by atoms with van der Waals surface area (Å²) in [6, 6.07) is 10.9. The summed E-state index contributed by atoms with van der Waals surface area (Å²) in [6.07, 6.45) is 2.93. The highest BCUT2D eigenvalue weighted by molar-refractivity contribution is 7.17. The van der Waals surface area contributed by atoms with Crippen LogP contribution in [-0.4, -0.2) is 66.1 Å². The molecule has 0 amide bonds. The van der Waals surface area contributed by atoms with Crippen LogP contribution in [-0.2, 0) is 22.4 Å². The molecule has 2 aliphatic rings. The minimum Gasteiger partial charge on any atom is -0.490 e. The van der Waals surface area contributed by atoms with Gasteiger partial charge in [0.2, 0.25) is 0 Å². The Hall–Kier alpha value is -2.65. The van der Waals surface area contributed by atoms with Crippen LogP contribution in [0.15, 0.2) is 35.3 Å². The highest BCUT2D eigenvalue weighted by atomic mass is 32.1. The second-order valence-corrected chi connectivity index (χ2v) is 11.5. The van der Waals surface area contributed by atoms with Gasteiger partial charge in [-0.3, -0.25) is 9.89 Å². The summed E-state index contributed by atoms with van der Waals surface area (Å²) < 4.78 is 17.8. The van der Waals surface area contributed by atoms with Gasteiger partial charge < -0.3 is 14.2 Å². The van der Waals surface area contributed by atoms with Crippen LogP contribution in [0.25, 0.3) is 21.1 Å². The fourth-order valence-corrected chi connectivity index (χ4v) is 5.95. The topological polar surface area (TPSA) is 69.1 Å². The summed E-state index contributed by atoms with van der Waals surface area (Å²) in [4.78, 5) is 6.69. The zero-order valence-corrected chi connectivity index (χ0v) is 23.4. The van der Waals surface area contributed by atoms with Gasteiger partial charge in [-0.05, 0) is 75.9 Å². The number of benzene rings is 2. The molecule has 0 atom stereocenters. The van der Waals surface area contributed by atoms with E-state index in [1.54, 1.807) is 18.4 Å². The Balaban J connectivity index is 1.36. The van der Waals surface area contributed by atoms with E-state index in [1.165, 1.54) is 16.7 Å². The van der Waals surface area contributed by atoms with Crippen molar-refractivity contribution in [3.8, 4) is 26.9 Å². The first-order chi connectivity index (χ1) is 17.7. The standard InChI is InChI=1S/C29H36N4O3S/c1-18(2)36-26-10-8-20(13-22(26)14-30-6)27-31-32-28(37-27)25-9-7-21-15-33(12-11-24(21)19(25)3)23-16-34-29(4,5)35-17-23/h7-10,13-14,18,23H,11-12,15-17H2,1-6H3. The van der Waals surface area contributed by atoms with E-state index in [-0.39, 0.29) is 6.10 Å². The quantitative estimate of drug-likeness (QED) is 0.398. The lowest BCUT2D eigenvalue weighted by atomic mass is 9.91. The van der Waals surface area contributed by atoms with E-state index < -0.39 is 5.79 Å². The van der Waals surface area contributed by atoms with Gasteiger partial charge in [0.15, 0.2) is 5.79 Å². The second kappa shape index (κ2) is 10.6. The maximum Gasteiger partial charge on any atom is 0.162 e. The van der Waals surface area contributed by atoms with Crippen LogP contribution in [0, 0.1) is 6.92 Å². The smallest absolute Gasteiger partial charge is 0.162 e. The zero-order chi connectivity index (χ0) is 26.2. The van der Waals surface area contributed by atoms with E-state index >= 15 is 0 Å². The average molecular weight is 521 g/mol. The Morgan fingerprint density at radius 2 is 1.89 bits per heavy atom. The first kappa shape index (κ1) is 26.0. The van der Waals surface area contributed by atoms with Crippen LogP contribution >= 0.6 is 11.3 Å². The second-order valence-electron chi connectivity index (χ2n) is 10.5. The Labute approximate surface area is 223 Å². The Bertz CT molecular complexity index is 1290. The van der Waals surface area contributed by atoms with Crippen LogP contribution in [0.4, 0.5) is 0 Å². The van der Waals surface area contributed by atoms with Gasteiger partial charge in [-0.15, -0.1) is 10.2 Å². The van der Waals surface area contributed by atoms with Crippen molar-refractivity contribution in [3.63, 3.8) is 0 Å². The number of rotatable bonds is 6. The SMILES string of the molecule is CN=Cc1cc(-c2nnc(-c3ccc4c(c3C)CCN(C3COC(C)(C)OC3)C4)s2)ccc1OC(C)C. The molecule has 1 saturated heterocycles. The van der Waals surface area contributed by atoms with Gasteiger partial charge in [0, 0.05) is 43.0 Å². The third-order valence-electron chi connectivity index (χ3n) is 7.02. The summed E-state index contributed by atoms with van der Waals surface area (Å²) in [5.41, 5.74) is 7.23. The van der Waals surface area contributed by atoms with Crippen molar-refractivity contribution in [2.75, 3.05) is 26.8 Å². The molecule has 7 nitrogen and oxygen atoms in total. The molecule has 37 heavy (non-hydrogen) atoms. The molecule has 2 aliphatic heterocycles. The molecule has 2 aromatic carbocycles. The van der Waals surface area contributed by atoms with E-state index in [2.05, 4.69) is 45.2 Å². The Morgan fingerprint density at radius 3 is 2.62 bits per heavy atom. The molecule has 0 aliphatic carbocycles. The monoisotopic (exact) mass is 520 g/mol. The van der Waals surface area contributed by atoms with Gasteiger partial charge in [0.25, 0.3) is 0 Å². The van der Waals surface area contributed by atoms with Crippen LogP contribution < -0.4 is 4.74 Å². The van der Waals surface area contributed by atoms with Crippen molar-refractivity contribution < 1.29 is 14.2 Å². The lowest BCUT2D eigenvalue weighted by molar-refractivity contribution is -0.264. The average Bonchev–Trinajstić information content (AvgIpc) is 3.35. The van der Waals surface area contributed by atoms with E-state index in [1.807, 2.05) is 46.0 Å². The molecule has 0 radical (unpaired) electrons. The van der Waals surface area contributed by atoms with Crippen molar-refractivity contribution >= 4 is 17.6 Å². The van der Waals surface area contributed by atoms with E-state index in [4.69, 9.17) is 14.2 Å². The predicted molar refractivity (Wildman–Crippen MR) is 149 cm³/mol. The largest absolute Gasteiger partial charge is 0.490 e. The number of aromatic nitrogens is 2. The minimum absolute atomic E-state index is 0.0959. The highest BCUT2D eigenvalue weighted by Gasteiger charge is 2.33.